The predicted octanol–water partition coefficient (Wildman–Crippen LogP) is 2.76. The molecule has 2 aromatic rings. The molecule has 0 radical (unpaired) electrons. The average molecular weight is 281 g/mol. The molecule has 1 amide bonds. The van der Waals surface area contributed by atoms with E-state index < -0.39 is 0 Å². The molecule has 4 nitrogen and oxygen atoms in total. The maximum absolute atomic E-state index is 13.1. The Morgan fingerprint density at radius 1 is 1.37 bits per heavy atom. The molecule has 1 unspecified atom stereocenters. The summed E-state index contributed by atoms with van der Waals surface area (Å²) in [5.74, 6) is -0.367. The Morgan fingerprint density at radius 2 is 2.11 bits per heavy atom. The van der Waals surface area contributed by atoms with E-state index in [4.69, 9.17) is 0 Å². The topological polar surface area (TPSA) is 54.0 Å². The highest BCUT2D eigenvalue weighted by Crippen LogP contribution is 2.26. The second-order valence-electron chi connectivity index (χ2n) is 4.66. The Morgan fingerprint density at radius 3 is 2.79 bits per heavy atom. The summed E-state index contributed by atoms with van der Waals surface area (Å²) >= 11 is 1.33. The fourth-order valence-electron chi connectivity index (χ4n) is 1.62. The Kier molecular flexibility index (Phi) is 3.99. The van der Waals surface area contributed by atoms with Crippen molar-refractivity contribution in [1.29, 1.82) is 0 Å². The number of amides is 1. The zero-order valence-electron chi connectivity index (χ0n) is 11.0. The Hall–Kier alpha value is -1.69. The van der Waals surface area contributed by atoms with E-state index in [1.807, 2.05) is 13.8 Å². The fraction of sp³-hybridized carbons (Fsp3) is 0.385. The van der Waals surface area contributed by atoms with Crippen LogP contribution in [0.3, 0.4) is 0 Å². The molecule has 6 heteroatoms. The second-order valence-corrected chi connectivity index (χ2v) is 5.69. The van der Waals surface area contributed by atoms with E-state index >= 15 is 0 Å². The number of benzene rings is 1. The van der Waals surface area contributed by atoms with Crippen molar-refractivity contribution in [2.24, 2.45) is 0 Å². The lowest BCUT2D eigenvalue weighted by molar-refractivity contribution is -0.122. The average Bonchev–Trinajstić information content (AvgIpc) is 2.69. The highest BCUT2D eigenvalue weighted by Gasteiger charge is 2.15. The van der Waals surface area contributed by atoms with Crippen molar-refractivity contribution in [2.45, 2.75) is 32.9 Å². The number of aromatic nitrogens is 1. The molecule has 0 saturated carbocycles. The van der Waals surface area contributed by atoms with Crippen LogP contribution in [0.15, 0.2) is 18.2 Å². The molecular weight excluding hydrogens is 265 g/mol. The number of carbonyl (C=O) groups excluding carboxylic acids is 1. The van der Waals surface area contributed by atoms with Crippen molar-refractivity contribution in [1.82, 2.24) is 10.3 Å². The van der Waals surface area contributed by atoms with Crippen LogP contribution in [0.25, 0.3) is 10.2 Å². The van der Waals surface area contributed by atoms with Gasteiger partial charge < -0.3 is 10.6 Å². The highest BCUT2D eigenvalue weighted by molar-refractivity contribution is 7.22. The normalized spacial score (nSPS) is 12.7. The van der Waals surface area contributed by atoms with E-state index in [1.54, 1.807) is 13.0 Å². The van der Waals surface area contributed by atoms with Gasteiger partial charge in [-0.1, -0.05) is 11.3 Å². The predicted molar refractivity (Wildman–Crippen MR) is 75.9 cm³/mol. The van der Waals surface area contributed by atoms with Crippen LogP contribution < -0.4 is 10.6 Å². The molecule has 1 aromatic heterocycles. The van der Waals surface area contributed by atoms with Gasteiger partial charge >= 0.3 is 0 Å². The van der Waals surface area contributed by atoms with Gasteiger partial charge in [0.15, 0.2) is 5.13 Å². The number of thiazole rings is 1. The van der Waals surface area contributed by atoms with Gasteiger partial charge in [0.05, 0.1) is 10.2 Å². The first-order chi connectivity index (χ1) is 8.95. The van der Waals surface area contributed by atoms with E-state index in [9.17, 15) is 9.18 Å². The summed E-state index contributed by atoms with van der Waals surface area (Å²) in [6.07, 6.45) is 0. The van der Waals surface area contributed by atoms with Crippen molar-refractivity contribution in [2.75, 3.05) is 5.32 Å². The summed E-state index contributed by atoms with van der Waals surface area (Å²) in [7, 11) is 0. The molecule has 0 aliphatic carbocycles. The van der Waals surface area contributed by atoms with Crippen LogP contribution in [0.1, 0.15) is 20.8 Å². The number of nitrogens with zero attached hydrogens (tertiary/aromatic N) is 1. The van der Waals surface area contributed by atoms with E-state index in [0.717, 1.165) is 10.2 Å². The van der Waals surface area contributed by atoms with Gasteiger partial charge in [0, 0.05) is 6.04 Å². The smallest absolute Gasteiger partial charge is 0.242 e. The molecule has 0 aliphatic heterocycles. The number of hydrogen-bond donors (Lipinski definition) is 2. The van der Waals surface area contributed by atoms with Crippen molar-refractivity contribution < 1.29 is 9.18 Å². The lowest BCUT2D eigenvalue weighted by atomic mass is 10.3. The molecule has 19 heavy (non-hydrogen) atoms. The van der Waals surface area contributed by atoms with E-state index in [-0.39, 0.29) is 23.8 Å². The Bertz CT molecular complexity index is 597. The molecule has 1 heterocycles. The van der Waals surface area contributed by atoms with Crippen LogP contribution in [0.5, 0.6) is 0 Å². The molecule has 0 bridgehead atoms. The summed E-state index contributed by atoms with van der Waals surface area (Å²) in [5.41, 5.74) is 0.727. The Labute approximate surface area is 115 Å². The SMILES string of the molecule is CC(C)NC(=O)C(C)Nc1nc2ccc(F)cc2s1. The lowest BCUT2D eigenvalue weighted by Crippen LogP contribution is -2.40. The minimum absolute atomic E-state index is 0.0829. The van der Waals surface area contributed by atoms with Crippen LogP contribution in [-0.2, 0) is 4.79 Å². The first-order valence-corrected chi connectivity index (χ1v) is 6.90. The molecule has 1 aromatic carbocycles. The molecular formula is C13H16FN3OS. The minimum Gasteiger partial charge on any atom is -0.352 e. The third-order valence-electron chi connectivity index (χ3n) is 2.51. The summed E-state index contributed by atoms with van der Waals surface area (Å²) < 4.78 is 13.8. The van der Waals surface area contributed by atoms with Crippen LogP contribution in [0, 0.1) is 5.82 Å². The second kappa shape index (κ2) is 5.52. The summed E-state index contributed by atoms with van der Waals surface area (Å²) in [6.45, 7) is 5.58. The minimum atomic E-state index is -0.382. The van der Waals surface area contributed by atoms with E-state index in [0.29, 0.717) is 5.13 Å². The lowest BCUT2D eigenvalue weighted by Gasteiger charge is -2.15. The van der Waals surface area contributed by atoms with Gasteiger partial charge in [-0.2, -0.15) is 0 Å². The zero-order chi connectivity index (χ0) is 14.0. The van der Waals surface area contributed by atoms with Crippen molar-refractivity contribution in [3.05, 3.63) is 24.0 Å². The monoisotopic (exact) mass is 281 g/mol. The first kappa shape index (κ1) is 13.7. The van der Waals surface area contributed by atoms with Gasteiger partial charge in [-0.15, -0.1) is 0 Å². The number of rotatable bonds is 4. The number of anilines is 1. The summed E-state index contributed by atoms with van der Waals surface area (Å²) in [6, 6.07) is 4.16. The van der Waals surface area contributed by atoms with Gasteiger partial charge in [0.1, 0.15) is 11.9 Å². The van der Waals surface area contributed by atoms with Gasteiger partial charge in [-0.05, 0) is 39.0 Å². The molecule has 2 rings (SSSR count). The van der Waals surface area contributed by atoms with Gasteiger partial charge in [0.2, 0.25) is 5.91 Å². The van der Waals surface area contributed by atoms with Gasteiger partial charge in [-0.25, -0.2) is 9.37 Å². The highest BCUT2D eigenvalue weighted by atomic mass is 32.1. The van der Waals surface area contributed by atoms with Gasteiger partial charge in [0.25, 0.3) is 0 Å². The zero-order valence-corrected chi connectivity index (χ0v) is 11.8. The largest absolute Gasteiger partial charge is 0.352 e. The molecule has 0 fully saturated rings. The summed E-state index contributed by atoms with van der Waals surface area (Å²) in [4.78, 5) is 16.1. The third kappa shape index (κ3) is 3.41. The first-order valence-electron chi connectivity index (χ1n) is 6.08. The third-order valence-corrected chi connectivity index (χ3v) is 3.46. The van der Waals surface area contributed by atoms with Crippen LogP contribution in [-0.4, -0.2) is 23.0 Å². The van der Waals surface area contributed by atoms with Gasteiger partial charge in [-0.3, -0.25) is 4.79 Å². The Balaban J connectivity index is 2.10. The number of fused-ring (bicyclic) bond motifs is 1. The molecule has 2 N–H and O–H groups in total. The van der Waals surface area contributed by atoms with Crippen LogP contribution in [0.2, 0.25) is 0 Å². The molecule has 0 saturated heterocycles. The quantitative estimate of drug-likeness (QED) is 0.906. The fourth-order valence-corrected chi connectivity index (χ4v) is 2.60. The van der Waals surface area contributed by atoms with Crippen LogP contribution >= 0.6 is 11.3 Å². The maximum atomic E-state index is 13.1. The van der Waals surface area contributed by atoms with Crippen molar-refractivity contribution in [3.8, 4) is 0 Å². The summed E-state index contributed by atoms with van der Waals surface area (Å²) in [5, 5.41) is 6.47. The van der Waals surface area contributed by atoms with Crippen molar-refractivity contribution in [3.63, 3.8) is 0 Å². The number of carbonyl (C=O) groups is 1. The number of nitrogens with one attached hydrogen (secondary N) is 2. The number of hydrogen-bond acceptors (Lipinski definition) is 4. The number of halogens is 1. The molecule has 0 aliphatic rings. The van der Waals surface area contributed by atoms with E-state index in [1.165, 1.54) is 23.5 Å². The standard InChI is InChI=1S/C13H16FN3OS/c1-7(2)15-12(18)8(3)16-13-17-10-5-4-9(14)6-11(10)19-13/h4-8H,1-3H3,(H,15,18)(H,16,17). The molecule has 0 spiro atoms. The van der Waals surface area contributed by atoms with Crippen molar-refractivity contribution >= 4 is 32.6 Å². The maximum Gasteiger partial charge on any atom is 0.242 e. The molecule has 102 valence electrons. The van der Waals surface area contributed by atoms with Crippen LogP contribution in [0.4, 0.5) is 9.52 Å². The van der Waals surface area contributed by atoms with E-state index in [2.05, 4.69) is 15.6 Å². The molecule has 1 atom stereocenters.